The van der Waals surface area contributed by atoms with Gasteiger partial charge in [0, 0.05) is 39.1 Å². The van der Waals surface area contributed by atoms with Crippen LogP contribution in [-0.2, 0) is 19.6 Å². The highest BCUT2D eigenvalue weighted by molar-refractivity contribution is 7.89. The maximum atomic E-state index is 12.3. The second kappa shape index (κ2) is 6.74. The fourth-order valence-corrected chi connectivity index (χ4v) is 4.27. The molecule has 2 heterocycles. The van der Waals surface area contributed by atoms with E-state index in [0.29, 0.717) is 52.0 Å². The summed E-state index contributed by atoms with van der Waals surface area (Å²) in [6.45, 7) is 3.85. The molecule has 0 saturated carbocycles. The van der Waals surface area contributed by atoms with Crippen LogP contribution in [0.25, 0.3) is 0 Å². The van der Waals surface area contributed by atoms with E-state index < -0.39 is 10.0 Å². The first-order chi connectivity index (χ1) is 9.94. The number of carbonyl (C=O) groups is 2. The van der Waals surface area contributed by atoms with E-state index in [9.17, 15) is 18.0 Å². The zero-order valence-corrected chi connectivity index (χ0v) is 13.2. The summed E-state index contributed by atoms with van der Waals surface area (Å²) in [5, 5.41) is 2.71. The molecule has 1 unspecified atom stereocenters. The summed E-state index contributed by atoms with van der Waals surface area (Å²) in [6.07, 6.45) is 1.57. The minimum atomic E-state index is -3.18. The zero-order chi connectivity index (χ0) is 15.5. The molecule has 120 valence electrons. The van der Waals surface area contributed by atoms with E-state index in [-0.39, 0.29) is 23.5 Å². The number of rotatable bonds is 4. The van der Waals surface area contributed by atoms with Gasteiger partial charge in [0.05, 0.1) is 11.7 Å². The minimum absolute atomic E-state index is 0.00507. The van der Waals surface area contributed by atoms with Crippen LogP contribution in [0.5, 0.6) is 0 Å². The molecule has 7 nitrogen and oxygen atoms in total. The third kappa shape index (κ3) is 3.94. The molecular weight excluding hydrogens is 294 g/mol. The Morgan fingerprint density at radius 1 is 1.29 bits per heavy atom. The summed E-state index contributed by atoms with van der Waals surface area (Å²) in [6, 6.07) is 0. The Morgan fingerprint density at radius 3 is 2.48 bits per heavy atom. The molecule has 2 fully saturated rings. The van der Waals surface area contributed by atoms with Gasteiger partial charge in [0.1, 0.15) is 0 Å². The monoisotopic (exact) mass is 317 g/mol. The molecule has 0 spiro atoms. The summed E-state index contributed by atoms with van der Waals surface area (Å²) < 4.78 is 25.4. The van der Waals surface area contributed by atoms with Gasteiger partial charge in [0.15, 0.2) is 0 Å². The second-order valence-corrected chi connectivity index (χ2v) is 7.67. The van der Waals surface area contributed by atoms with E-state index >= 15 is 0 Å². The van der Waals surface area contributed by atoms with Gasteiger partial charge in [0.2, 0.25) is 21.8 Å². The van der Waals surface area contributed by atoms with Crippen LogP contribution in [0.3, 0.4) is 0 Å². The van der Waals surface area contributed by atoms with Crippen LogP contribution in [0.2, 0.25) is 0 Å². The van der Waals surface area contributed by atoms with E-state index in [1.807, 2.05) is 6.92 Å². The normalized spacial score (nSPS) is 24.7. The van der Waals surface area contributed by atoms with E-state index in [1.54, 1.807) is 4.90 Å². The summed E-state index contributed by atoms with van der Waals surface area (Å²) >= 11 is 0. The molecule has 0 aromatic heterocycles. The molecule has 1 N–H and O–H groups in total. The third-order valence-electron chi connectivity index (χ3n) is 4.02. The van der Waals surface area contributed by atoms with Crippen molar-refractivity contribution in [3.63, 3.8) is 0 Å². The fraction of sp³-hybridized carbons (Fsp3) is 0.846. The SMILES string of the molecule is CCCS(=O)(=O)N1CCN(C(=O)C2CCC(=O)NC2)CC1. The zero-order valence-electron chi connectivity index (χ0n) is 12.4. The van der Waals surface area contributed by atoms with Crippen molar-refractivity contribution in [3.05, 3.63) is 0 Å². The highest BCUT2D eigenvalue weighted by Crippen LogP contribution is 2.16. The van der Waals surface area contributed by atoms with Gasteiger partial charge in [-0.25, -0.2) is 8.42 Å². The first-order valence-corrected chi connectivity index (χ1v) is 9.08. The van der Waals surface area contributed by atoms with Gasteiger partial charge in [0.25, 0.3) is 0 Å². The Morgan fingerprint density at radius 2 is 1.95 bits per heavy atom. The fourth-order valence-electron chi connectivity index (χ4n) is 2.78. The summed E-state index contributed by atoms with van der Waals surface area (Å²) in [4.78, 5) is 25.2. The van der Waals surface area contributed by atoms with Crippen molar-refractivity contribution in [3.8, 4) is 0 Å². The van der Waals surface area contributed by atoms with Crippen LogP contribution in [-0.4, -0.2) is 67.9 Å². The van der Waals surface area contributed by atoms with Gasteiger partial charge < -0.3 is 10.2 Å². The molecule has 2 aliphatic heterocycles. The van der Waals surface area contributed by atoms with Gasteiger partial charge in [-0.3, -0.25) is 9.59 Å². The lowest BCUT2D eigenvalue weighted by atomic mass is 9.97. The molecule has 2 saturated heterocycles. The number of piperidine rings is 1. The van der Waals surface area contributed by atoms with Crippen molar-refractivity contribution in [2.24, 2.45) is 5.92 Å². The molecule has 0 aliphatic carbocycles. The van der Waals surface area contributed by atoms with Crippen LogP contribution in [0.4, 0.5) is 0 Å². The number of sulfonamides is 1. The molecule has 0 bridgehead atoms. The van der Waals surface area contributed by atoms with Crippen molar-refractivity contribution in [1.82, 2.24) is 14.5 Å². The smallest absolute Gasteiger partial charge is 0.227 e. The topological polar surface area (TPSA) is 86.8 Å². The van der Waals surface area contributed by atoms with Gasteiger partial charge in [-0.15, -0.1) is 0 Å². The van der Waals surface area contributed by atoms with Crippen LogP contribution in [0.1, 0.15) is 26.2 Å². The van der Waals surface area contributed by atoms with Crippen molar-refractivity contribution in [2.45, 2.75) is 26.2 Å². The van der Waals surface area contributed by atoms with Crippen LogP contribution < -0.4 is 5.32 Å². The summed E-state index contributed by atoms with van der Waals surface area (Å²) in [7, 11) is -3.18. The molecule has 0 aromatic carbocycles. The largest absolute Gasteiger partial charge is 0.355 e. The minimum Gasteiger partial charge on any atom is -0.355 e. The number of hydrogen-bond donors (Lipinski definition) is 1. The lowest BCUT2D eigenvalue weighted by Crippen LogP contribution is -2.54. The van der Waals surface area contributed by atoms with Crippen LogP contribution >= 0.6 is 0 Å². The Kier molecular flexibility index (Phi) is 5.21. The van der Waals surface area contributed by atoms with E-state index in [2.05, 4.69) is 5.32 Å². The first kappa shape index (κ1) is 16.2. The van der Waals surface area contributed by atoms with E-state index in [4.69, 9.17) is 0 Å². The molecule has 2 rings (SSSR count). The highest BCUT2D eigenvalue weighted by Gasteiger charge is 2.32. The average Bonchev–Trinajstić information content (AvgIpc) is 2.47. The molecule has 2 aliphatic rings. The summed E-state index contributed by atoms with van der Waals surface area (Å²) in [5.74, 6) is 0.0221. The number of piperazine rings is 1. The average molecular weight is 317 g/mol. The van der Waals surface area contributed by atoms with Crippen molar-refractivity contribution in [2.75, 3.05) is 38.5 Å². The highest BCUT2D eigenvalue weighted by atomic mass is 32.2. The van der Waals surface area contributed by atoms with Gasteiger partial charge in [-0.2, -0.15) is 4.31 Å². The van der Waals surface area contributed by atoms with Crippen molar-refractivity contribution >= 4 is 21.8 Å². The van der Waals surface area contributed by atoms with Gasteiger partial charge in [-0.05, 0) is 12.8 Å². The molecule has 0 aromatic rings. The molecule has 2 amide bonds. The maximum absolute atomic E-state index is 12.3. The predicted octanol–water partition coefficient (Wildman–Crippen LogP) is -0.603. The number of amides is 2. The van der Waals surface area contributed by atoms with Crippen molar-refractivity contribution in [1.29, 1.82) is 0 Å². The Balaban J connectivity index is 1.86. The Labute approximate surface area is 125 Å². The molecule has 0 radical (unpaired) electrons. The third-order valence-corrected chi connectivity index (χ3v) is 6.10. The second-order valence-electron chi connectivity index (χ2n) is 5.58. The van der Waals surface area contributed by atoms with E-state index in [1.165, 1.54) is 4.31 Å². The van der Waals surface area contributed by atoms with E-state index in [0.717, 1.165) is 0 Å². The maximum Gasteiger partial charge on any atom is 0.227 e. The quantitative estimate of drug-likeness (QED) is 0.750. The lowest BCUT2D eigenvalue weighted by Gasteiger charge is -2.36. The van der Waals surface area contributed by atoms with Gasteiger partial charge in [-0.1, -0.05) is 6.92 Å². The number of nitrogens with one attached hydrogen (secondary N) is 1. The Hall–Kier alpha value is -1.15. The van der Waals surface area contributed by atoms with Gasteiger partial charge >= 0.3 is 0 Å². The summed E-state index contributed by atoms with van der Waals surface area (Å²) in [5.41, 5.74) is 0. The van der Waals surface area contributed by atoms with Crippen molar-refractivity contribution < 1.29 is 18.0 Å². The Bertz CT molecular complexity index is 488. The van der Waals surface area contributed by atoms with Crippen LogP contribution in [0, 0.1) is 5.92 Å². The molecular formula is C13H23N3O4S. The first-order valence-electron chi connectivity index (χ1n) is 7.47. The van der Waals surface area contributed by atoms with Crippen LogP contribution in [0.15, 0.2) is 0 Å². The molecule has 1 atom stereocenters. The number of carbonyl (C=O) groups excluding carboxylic acids is 2. The number of nitrogens with zero attached hydrogens (tertiary/aromatic N) is 2. The molecule has 8 heteroatoms. The standard InChI is InChI=1S/C13H23N3O4S/c1-2-9-21(19,20)16-7-5-15(6-8-16)13(18)11-3-4-12(17)14-10-11/h11H,2-10H2,1H3,(H,14,17). The lowest BCUT2D eigenvalue weighted by molar-refractivity contribution is -0.138. The molecule has 21 heavy (non-hydrogen) atoms. The predicted molar refractivity (Wildman–Crippen MR) is 78.0 cm³/mol. The number of hydrogen-bond acceptors (Lipinski definition) is 4.